The third kappa shape index (κ3) is 3.03. The summed E-state index contributed by atoms with van der Waals surface area (Å²) in [7, 11) is 0. The van der Waals surface area contributed by atoms with Gasteiger partial charge in [0.1, 0.15) is 5.69 Å². The predicted octanol–water partition coefficient (Wildman–Crippen LogP) is -0.138. The van der Waals surface area contributed by atoms with Gasteiger partial charge in [0.25, 0.3) is 11.8 Å². The minimum absolute atomic E-state index is 0.114. The Bertz CT molecular complexity index is 361. The van der Waals surface area contributed by atoms with Gasteiger partial charge in [-0.3, -0.25) is 19.4 Å². The lowest BCUT2D eigenvalue weighted by Gasteiger charge is -2.03. The first-order chi connectivity index (χ1) is 7.15. The second-order valence-corrected chi connectivity index (χ2v) is 2.66. The van der Waals surface area contributed by atoms with Gasteiger partial charge in [0.2, 0.25) is 0 Å². The SMILES string of the molecule is CCONC(=O)c1ccc(C(N)=O)nc1. The lowest BCUT2D eigenvalue weighted by molar-refractivity contribution is 0.0364. The van der Waals surface area contributed by atoms with Crippen LogP contribution in [0.5, 0.6) is 0 Å². The largest absolute Gasteiger partial charge is 0.364 e. The number of nitrogens with one attached hydrogen (secondary N) is 1. The van der Waals surface area contributed by atoms with Crippen molar-refractivity contribution in [2.45, 2.75) is 6.92 Å². The highest BCUT2D eigenvalue weighted by molar-refractivity contribution is 5.95. The standard InChI is InChI=1S/C9H11N3O3/c1-2-15-12-9(14)6-3-4-7(8(10)13)11-5-6/h3-5H,2H2,1H3,(H2,10,13)(H,12,14). The van der Waals surface area contributed by atoms with Gasteiger partial charge in [-0.05, 0) is 19.1 Å². The van der Waals surface area contributed by atoms with Crippen LogP contribution in [0.15, 0.2) is 18.3 Å². The average molecular weight is 209 g/mol. The quantitative estimate of drug-likeness (QED) is 0.675. The first-order valence-corrected chi connectivity index (χ1v) is 4.33. The Hall–Kier alpha value is -1.95. The summed E-state index contributed by atoms with van der Waals surface area (Å²) in [5.41, 5.74) is 7.61. The Morgan fingerprint density at radius 3 is 2.73 bits per heavy atom. The Morgan fingerprint density at radius 1 is 1.53 bits per heavy atom. The van der Waals surface area contributed by atoms with E-state index in [4.69, 9.17) is 10.6 Å². The van der Waals surface area contributed by atoms with Crippen LogP contribution in [0, 0.1) is 0 Å². The second kappa shape index (κ2) is 5.06. The molecule has 0 spiro atoms. The molecule has 0 saturated heterocycles. The predicted molar refractivity (Wildman–Crippen MR) is 51.8 cm³/mol. The molecule has 1 aromatic rings. The monoisotopic (exact) mass is 209 g/mol. The van der Waals surface area contributed by atoms with Crippen LogP contribution in [0.2, 0.25) is 0 Å². The molecule has 6 nitrogen and oxygen atoms in total. The van der Waals surface area contributed by atoms with E-state index in [0.29, 0.717) is 12.2 Å². The van der Waals surface area contributed by atoms with Crippen molar-refractivity contribution in [3.05, 3.63) is 29.6 Å². The van der Waals surface area contributed by atoms with E-state index in [1.165, 1.54) is 18.3 Å². The molecule has 0 unspecified atom stereocenters. The van der Waals surface area contributed by atoms with Crippen LogP contribution in [-0.2, 0) is 4.84 Å². The number of amides is 2. The van der Waals surface area contributed by atoms with Crippen LogP contribution >= 0.6 is 0 Å². The summed E-state index contributed by atoms with van der Waals surface area (Å²) in [6, 6.07) is 2.82. The molecular weight excluding hydrogens is 198 g/mol. The van der Waals surface area contributed by atoms with E-state index in [1.54, 1.807) is 6.92 Å². The van der Waals surface area contributed by atoms with E-state index in [0.717, 1.165) is 0 Å². The van der Waals surface area contributed by atoms with Gasteiger partial charge >= 0.3 is 0 Å². The fourth-order valence-electron chi connectivity index (χ4n) is 0.871. The molecule has 0 fully saturated rings. The first-order valence-electron chi connectivity index (χ1n) is 4.33. The molecule has 0 atom stereocenters. The van der Waals surface area contributed by atoms with Gasteiger partial charge in [0.15, 0.2) is 0 Å². The topological polar surface area (TPSA) is 94.3 Å². The van der Waals surface area contributed by atoms with E-state index in [1.807, 2.05) is 0 Å². The minimum Gasteiger partial charge on any atom is -0.364 e. The van der Waals surface area contributed by atoms with Crippen molar-refractivity contribution in [2.24, 2.45) is 5.73 Å². The summed E-state index contributed by atoms with van der Waals surface area (Å²) < 4.78 is 0. The lowest BCUT2D eigenvalue weighted by atomic mass is 10.2. The fourth-order valence-corrected chi connectivity index (χ4v) is 0.871. The number of pyridine rings is 1. The zero-order valence-corrected chi connectivity index (χ0v) is 8.19. The smallest absolute Gasteiger partial charge is 0.276 e. The minimum atomic E-state index is -0.633. The van der Waals surface area contributed by atoms with Crippen LogP contribution in [0.25, 0.3) is 0 Å². The number of hydroxylamine groups is 1. The summed E-state index contributed by atoms with van der Waals surface area (Å²) in [6.45, 7) is 2.12. The van der Waals surface area contributed by atoms with Gasteiger partial charge in [0, 0.05) is 6.20 Å². The van der Waals surface area contributed by atoms with E-state index >= 15 is 0 Å². The van der Waals surface area contributed by atoms with Gasteiger partial charge < -0.3 is 5.73 Å². The molecule has 0 aliphatic carbocycles. The van der Waals surface area contributed by atoms with Crippen molar-refractivity contribution in [2.75, 3.05) is 6.61 Å². The van der Waals surface area contributed by atoms with Crippen LogP contribution in [0.3, 0.4) is 0 Å². The highest BCUT2D eigenvalue weighted by Gasteiger charge is 2.07. The molecule has 0 saturated carbocycles. The highest BCUT2D eigenvalue weighted by atomic mass is 16.6. The third-order valence-corrected chi connectivity index (χ3v) is 1.59. The molecule has 1 heterocycles. The zero-order chi connectivity index (χ0) is 11.3. The number of hydrogen-bond donors (Lipinski definition) is 2. The number of carbonyl (C=O) groups excluding carboxylic acids is 2. The molecule has 0 aliphatic rings. The van der Waals surface area contributed by atoms with Crippen molar-refractivity contribution in [3.63, 3.8) is 0 Å². The van der Waals surface area contributed by atoms with Crippen molar-refractivity contribution in [1.82, 2.24) is 10.5 Å². The molecule has 0 radical (unpaired) electrons. The Morgan fingerprint density at radius 2 is 2.27 bits per heavy atom. The van der Waals surface area contributed by atoms with Gasteiger partial charge in [-0.1, -0.05) is 0 Å². The third-order valence-electron chi connectivity index (χ3n) is 1.59. The fraction of sp³-hybridized carbons (Fsp3) is 0.222. The number of primary amides is 1. The van der Waals surface area contributed by atoms with Crippen LogP contribution in [-0.4, -0.2) is 23.4 Å². The van der Waals surface area contributed by atoms with Crippen molar-refractivity contribution < 1.29 is 14.4 Å². The maximum Gasteiger partial charge on any atom is 0.276 e. The summed E-state index contributed by atoms with van der Waals surface area (Å²) >= 11 is 0. The molecule has 15 heavy (non-hydrogen) atoms. The second-order valence-electron chi connectivity index (χ2n) is 2.66. The highest BCUT2D eigenvalue weighted by Crippen LogP contribution is 1.99. The molecule has 1 aromatic heterocycles. The molecule has 0 aliphatic heterocycles. The number of hydrogen-bond acceptors (Lipinski definition) is 4. The first kappa shape index (κ1) is 11.1. The molecule has 3 N–H and O–H groups in total. The molecular formula is C9H11N3O3. The molecule has 2 amide bonds. The lowest BCUT2D eigenvalue weighted by Crippen LogP contribution is -2.24. The molecule has 80 valence electrons. The van der Waals surface area contributed by atoms with E-state index in [9.17, 15) is 9.59 Å². The molecule has 6 heteroatoms. The van der Waals surface area contributed by atoms with Gasteiger partial charge in [-0.2, -0.15) is 0 Å². The average Bonchev–Trinajstić information content (AvgIpc) is 2.26. The number of aromatic nitrogens is 1. The van der Waals surface area contributed by atoms with Gasteiger partial charge in [-0.15, -0.1) is 0 Å². The summed E-state index contributed by atoms with van der Waals surface area (Å²) in [5, 5.41) is 0. The maximum absolute atomic E-state index is 11.3. The molecule has 0 bridgehead atoms. The van der Waals surface area contributed by atoms with E-state index < -0.39 is 11.8 Å². The van der Waals surface area contributed by atoms with Crippen molar-refractivity contribution in [3.8, 4) is 0 Å². The summed E-state index contributed by atoms with van der Waals surface area (Å²) in [5.74, 6) is -1.05. The van der Waals surface area contributed by atoms with Crippen LogP contribution in [0.4, 0.5) is 0 Å². The molecule has 1 rings (SSSR count). The van der Waals surface area contributed by atoms with Crippen molar-refractivity contribution >= 4 is 11.8 Å². The zero-order valence-electron chi connectivity index (χ0n) is 8.19. The van der Waals surface area contributed by atoms with Crippen LogP contribution < -0.4 is 11.2 Å². The number of nitrogens with two attached hydrogens (primary N) is 1. The Kier molecular flexibility index (Phi) is 3.75. The van der Waals surface area contributed by atoms with Crippen LogP contribution in [0.1, 0.15) is 27.8 Å². The Labute approximate surface area is 86.4 Å². The Balaban J connectivity index is 2.71. The summed E-state index contributed by atoms with van der Waals surface area (Å²) in [4.78, 5) is 30.4. The van der Waals surface area contributed by atoms with E-state index in [2.05, 4.69) is 10.5 Å². The molecule has 0 aromatic carbocycles. The number of rotatable bonds is 4. The van der Waals surface area contributed by atoms with Gasteiger partial charge in [-0.25, -0.2) is 5.48 Å². The van der Waals surface area contributed by atoms with Crippen molar-refractivity contribution in [1.29, 1.82) is 0 Å². The number of nitrogens with zero attached hydrogens (tertiary/aromatic N) is 1. The van der Waals surface area contributed by atoms with E-state index in [-0.39, 0.29) is 5.69 Å². The normalized spacial score (nSPS) is 9.67. The van der Waals surface area contributed by atoms with Gasteiger partial charge in [0.05, 0.1) is 12.2 Å². The summed E-state index contributed by atoms with van der Waals surface area (Å²) in [6.07, 6.45) is 1.26. The number of carbonyl (C=O) groups is 2. The maximum atomic E-state index is 11.3.